The summed E-state index contributed by atoms with van der Waals surface area (Å²) in [6, 6.07) is 3.56. The van der Waals surface area contributed by atoms with Gasteiger partial charge in [0.05, 0.1) is 11.9 Å². The van der Waals surface area contributed by atoms with Crippen LogP contribution in [-0.4, -0.2) is 24.5 Å². The molecule has 0 aromatic carbocycles. The van der Waals surface area contributed by atoms with Crippen LogP contribution in [0.1, 0.15) is 37.7 Å². The third-order valence-electron chi connectivity index (χ3n) is 2.97. The molecule has 0 saturated heterocycles. The summed E-state index contributed by atoms with van der Waals surface area (Å²) in [5, 5.41) is 5.87. The number of rotatable bonds is 5. The first-order valence-corrected chi connectivity index (χ1v) is 5.90. The Labute approximate surface area is 103 Å². The molecule has 4 heteroatoms. The summed E-state index contributed by atoms with van der Waals surface area (Å²) in [5.41, 5.74) is 1.48. The molecule has 0 aliphatic heterocycles. The molecule has 1 amide bonds. The van der Waals surface area contributed by atoms with Crippen molar-refractivity contribution in [2.45, 2.75) is 27.2 Å². The SMILES string of the molecule is CCC(C)(C)CNC(=O)c1ccc(NC)cn1. The van der Waals surface area contributed by atoms with Gasteiger partial charge < -0.3 is 10.6 Å². The number of nitrogens with one attached hydrogen (secondary N) is 2. The van der Waals surface area contributed by atoms with E-state index in [1.807, 2.05) is 13.1 Å². The first-order chi connectivity index (χ1) is 7.98. The Hall–Kier alpha value is -1.58. The Morgan fingerprint density at radius 1 is 1.41 bits per heavy atom. The van der Waals surface area contributed by atoms with Crippen molar-refractivity contribution in [1.29, 1.82) is 0 Å². The van der Waals surface area contributed by atoms with Crippen molar-refractivity contribution in [1.82, 2.24) is 10.3 Å². The maximum absolute atomic E-state index is 11.8. The fourth-order valence-corrected chi connectivity index (χ4v) is 1.21. The number of carbonyl (C=O) groups is 1. The number of amides is 1. The third-order valence-corrected chi connectivity index (χ3v) is 2.97. The highest BCUT2D eigenvalue weighted by Gasteiger charge is 2.17. The van der Waals surface area contributed by atoms with Gasteiger partial charge >= 0.3 is 0 Å². The number of hydrogen-bond acceptors (Lipinski definition) is 3. The molecule has 0 saturated carbocycles. The number of pyridine rings is 1. The average Bonchev–Trinajstić information content (AvgIpc) is 2.36. The summed E-state index contributed by atoms with van der Waals surface area (Å²) >= 11 is 0. The molecule has 4 nitrogen and oxygen atoms in total. The molecule has 1 rings (SSSR count). The van der Waals surface area contributed by atoms with Crippen LogP contribution in [0.4, 0.5) is 5.69 Å². The van der Waals surface area contributed by atoms with Gasteiger partial charge in [-0.15, -0.1) is 0 Å². The smallest absolute Gasteiger partial charge is 0.269 e. The van der Waals surface area contributed by atoms with Crippen LogP contribution in [0.3, 0.4) is 0 Å². The highest BCUT2D eigenvalue weighted by molar-refractivity contribution is 5.92. The van der Waals surface area contributed by atoms with Gasteiger partial charge in [-0.25, -0.2) is 4.98 Å². The molecule has 0 fully saturated rings. The molecule has 94 valence electrons. The molecule has 1 aromatic rings. The highest BCUT2D eigenvalue weighted by Crippen LogP contribution is 2.17. The van der Waals surface area contributed by atoms with Crippen LogP contribution >= 0.6 is 0 Å². The number of nitrogens with zero attached hydrogens (tertiary/aromatic N) is 1. The molecular formula is C13H21N3O. The Bertz CT molecular complexity index is 371. The van der Waals surface area contributed by atoms with Gasteiger partial charge in [0.15, 0.2) is 0 Å². The van der Waals surface area contributed by atoms with Crippen molar-refractivity contribution in [2.75, 3.05) is 18.9 Å². The van der Waals surface area contributed by atoms with Gasteiger partial charge in [-0.2, -0.15) is 0 Å². The molecule has 17 heavy (non-hydrogen) atoms. The topological polar surface area (TPSA) is 54.0 Å². The van der Waals surface area contributed by atoms with Gasteiger partial charge in [0.25, 0.3) is 5.91 Å². The van der Waals surface area contributed by atoms with Crippen LogP contribution < -0.4 is 10.6 Å². The van der Waals surface area contributed by atoms with E-state index in [-0.39, 0.29) is 11.3 Å². The van der Waals surface area contributed by atoms with Crippen molar-refractivity contribution in [3.05, 3.63) is 24.0 Å². The lowest BCUT2D eigenvalue weighted by Crippen LogP contribution is -2.34. The molecule has 0 atom stereocenters. The Morgan fingerprint density at radius 3 is 2.59 bits per heavy atom. The molecule has 0 spiro atoms. The summed E-state index contributed by atoms with van der Waals surface area (Å²) in [6.07, 6.45) is 2.68. The Balaban J connectivity index is 2.58. The predicted molar refractivity (Wildman–Crippen MR) is 70.2 cm³/mol. The van der Waals surface area contributed by atoms with Crippen molar-refractivity contribution in [3.8, 4) is 0 Å². The third kappa shape index (κ3) is 4.06. The van der Waals surface area contributed by atoms with Crippen LogP contribution in [0.2, 0.25) is 0 Å². The van der Waals surface area contributed by atoms with Crippen LogP contribution in [0.5, 0.6) is 0 Å². The van der Waals surface area contributed by atoms with E-state index in [1.54, 1.807) is 12.3 Å². The van der Waals surface area contributed by atoms with E-state index in [1.165, 1.54) is 0 Å². The summed E-state index contributed by atoms with van der Waals surface area (Å²) in [6.45, 7) is 7.04. The lowest BCUT2D eigenvalue weighted by atomic mass is 9.90. The minimum Gasteiger partial charge on any atom is -0.387 e. The van der Waals surface area contributed by atoms with Gasteiger partial charge in [-0.3, -0.25) is 4.79 Å². The first-order valence-electron chi connectivity index (χ1n) is 5.90. The van der Waals surface area contributed by atoms with E-state index >= 15 is 0 Å². The standard InChI is InChI=1S/C13H21N3O/c1-5-13(2,3)9-16-12(17)11-7-6-10(14-4)8-15-11/h6-8,14H,5,9H2,1-4H3,(H,16,17). The van der Waals surface area contributed by atoms with Crippen molar-refractivity contribution in [2.24, 2.45) is 5.41 Å². The van der Waals surface area contributed by atoms with Gasteiger partial charge in [-0.1, -0.05) is 20.8 Å². The van der Waals surface area contributed by atoms with Crippen LogP contribution in [0, 0.1) is 5.41 Å². The normalized spacial score (nSPS) is 11.1. The predicted octanol–water partition coefficient (Wildman–Crippen LogP) is 2.29. The molecule has 0 unspecified atom stereocenters. The number of carbonyl (C=O) groups excluding carboxylic acids is 1. The van der Waals surface area contributed by atoms with E-state index in [0.717, 1.165) is 12.1 Å². The van der Waals surface area contributed by atoms with Crippen LogP contribution in [-0.2, 0) is 0 Å². The van der Waals surface area contributed by atoms with Crippen LogP contribution in [0.15, 0.2) is 18.3 Å². The molecule has 2 N–H and O–H groups in total. The summed E-state index contributed by atoms with van der Waals surface area (Å²) in [4.78, 5) is 15.9. The zero-order chi connectivity index (χ0) is 12.9. The molecule has 1 aromatic heterocycles. The zero-order valence-corrected chi connectivity index (χ0v) is 11.0. The zero-order valence-electron chi connectivity index (χ0n) is 11.0. The minimum atomic E-state index is -0.117. The largest absolute Gasteiger partial charge is 0.387 e. The van der Waals surface area contributed by atoms with E-state index in [0.29, 0.717) is 12.2 Å². The summed E-state index contributed by atoms with van der Waals surface area (Å²) in [7, 11) is 1.82. The maximum Gasteiger partial charge on any atom is 0.269 e. The molecular weight excluding hydrogens is 214 g/mol. The van der Waals surface area contributed by atoms with Crippen molar-refractivity contribution in [3.63, 3.8) is 0 Å². The fourth-order valence-electron chi connectivity index (χ4n) is 1.21. The van der Waals surface area contributed by atoms with E-state index in [9.17, 15) is 4.79 Å². The fraction of sp³-hybridized carbons (Fsp3) is 0.538. The van der Waals surface area contributed by atoms with Gasteiger partial charge in [-0.05, 0) is 24.0 Å². The molecule has 1 heterocycles. The maximum atomic E-state index is 11.8. The van der Waals surface area contributed by atoms with E-state index in [2.05, 4.69) is 36.4 Å². The molecule has 0 aliphatic carbocycles. The Morgan fingerprint density at radius 2 is 2.12 bits per heavy atom. The summed E-state index contributed by atoms with van der Waals surface area (Å²) in [5.74, 6) is -0.117. The molecule has 0 bridgehead atoms. The molecule has 0 radical (unpaired) electrons. The minimum absolute atomic E-state index is 0.117. The van der Waals surface area contributed by atoms with Crippen molar-refractivity contribution >= 4 is 11.6 Å². The number of aromatic nitrogens is 1. The number of hydrogen-bond donors (Lipinski definition) is 2. The summed E-state index contributed by atoms with van der Waals surface area (Å²) < 4.78 is 0. The monoisotopic (exact) mass is 235 g/mol. The van der Waals surface area contributed by atoms with Gasteiger partial charge in [0.2, 0.25) is 0 Å². The van der Waals surface area contributed by atoms with Crippen molar-refractivity contribution < 1.29 is 4.79 Å². The van der Waals surface area contributed by atoms with Gasteiger partial charge in [0, 0.05) is 13.6 Å². The second-order valence-electron chi connectivity index (χ2n) is 4.88. The lowest BCUT2D eigenvalue weighted by molar-refractivity contribution is 0.0931. The van der Waals surface area contributed by atoms with E-state index in [4.69, 9.17) is 0 Å². The van der Waals surface area contributed by atoms with Crippen LogP contribution in [0.25, 0.3) is 0 Å². The second-order valence-corrected chi connectivity index (χ2v) is 4.88. The molecule has 0 aliphatic rings. The highest BCUT2D eigenvalue weighted by atomic mass is 16.1. The Kier molecular flexibility index (Phi) is 4.49. The van der Waals surface area contributed by atoms with Gasteiger partial charge in [0.1, 0.15) is 5.69 Å². The first kappa shape index (κ1) is 13.5. The quantitative estimate of drug-likeness (QED) is 0.823. The average molecular weight is 235 g/mol. The number of anilines is 1. The second kappa shape index (κ2) is 5.66. The lowest BCUT2D eigenvalue weighted by Gasteiger charge is -2.22. The van der Waals surface area contributed by atoms with E-state index < -0.39 is 0 Å².